The second kappa shape index (κ2) is 5.74. The van der Waals surface area contributed by atoms with E-state index >= 15 is 0 Å². The van der Waals surface area contributed by atoms with Gasteiger partial charge in [-0.15, -0.1) is 0 Å². The van der Waals surface area contributed by atoms with Crippen molar-refractivity contribution in [2.75, 3.05) is 0 Å². The number of carboxylic acid groups (broad SMARTS) is 1. The van der Waals surface area contributed by atoms with Gasteiger partial charge in [-0.3, -0.25) is 14.2 Å². The van der Waals surface area contributed by atoms with E-state index in [2.05, 4.69) is 0 Å². The average molecular weight is 271 g/mol. The molecule has 1 aromatic carbocycles. The van der Waals surface area contributed by atoms with Crippen LogP contribution in [0.2, 0.25) is 0 Å². The van der Waals surface area contributed by atoms with Gasteiger partial charge in [0.1, 0.15) is 0 Å². The van der Waals surface area contributed by atoms with Crippen LogP contribution in [-0.2, 0) is 4.79 Å². The molecule has 0 radical (unpaired) electrons. The van der Waals surface area contributed by atoms with E-state index in [1.807, 2.05) is 30.3 Å². The Morgan fingerprint density at radius 2 is 1.90 bits per heavy atom. The van der Waals surface area contributed by atoms with Crippen LogP contribution in [-0.4, -0.2) is 15.6 Å². The maximum Gasteiger partial charge on any atom is 0.311 e. The lowest BCUT2D eigenvalue weighted by atomic mass is 9.94. The molecule has 1 aromatic heterocycles. The predicted octanol–water partition coefficient (Wildman–Crippen LogP) is 2.72. The fourth-order valence-electron chi connectivity index (χ4n) is 2.36. The van der Waals surface area contributed by atoms with Crippen molar-refractivity contribution in [3.05, 3.63) is 64.1 Å². The second-order valence-electron chi connectivity index (χ2n) is 4.72. The second-order valence-corrected chi connectivity index (χ2v) is 4.72. The van der Waals surface area contributed by atoms with Crippen LogP contribution in [0.5, 0.6) is 0 Å². The molecule has 1 unspecified atom stereocenters. The van der Waals surface area contributed by atoms with Crippen LogP contribution in [0.15, 0.2) is 47.4 Å². The number of rotatable bonds is 4. The van der Waals surface area contributed by atoms with Crippen LogP contribution >= 0.6 is 0 Å². The third kappa shape index (κ3) is 2.50. The first-order chi connectivity index (χ1) is 9.56. The molecule has 0 amide bonds. The fourth-order valence-corrected chi connectivity index (χ4v) is 2.36. The molecule has 0 aliphatic carbocycles. The van der Waals surface area contributed by atoms with Gasteiger partial charge in [0, 0.05) is 17.4 Å². The van der Waals surface area contributed by atoms with Gasteiger partial charge in [-0.1, -0.05) is 25.1 Å². The number of hydrogen-bond acceptors (Lipinski definition) is 2. The molecule has 1 heterocycles. The van der Waals surface area contributed by atoms with Crippen LogP contribution in [0.25, 0.3) is 5.69 Å². The molecule has 0 bridgehead atoms. The zero-order valence-electron chi connectivity index (χ0n) is 11.5. The number of aromatic nitrogens is 1. The first-order valence-electron chi connectivity index (χ1n) is 6.56. The van der Waals surface area contributed by atoms with E-state index in [-0.39, 0.29) is 5.56 Å². The molecule has 0 saturated carbocycles. The highest BCUT2D eigenvalue weighted by molar-refractivity contribution is 5.76. The van der Waals surface area contributed by atoms with E-state index in [1.54, 1.807) is 26.1 Å². The van der Waals surface area contributed by atoms with E-state index in [1.165, 1.54) is 4.57 Å². The molecule has 0 aliphatic heterocycles. The van der Waals surface area contributed by atoms with E-state index in [0.717, 1.165) is 11.3 Å². The summed E-state index contributed by atoms with van der Waals surface area (Å²) in [6.07, 6.45) is 2.08. The molecule has 4 nitrogen and oxygen atoms in total. The number of carbonyl (C=O) groups is 1. The summed E-state index contributed by atoms with van der Waals surface area (Å²) in [6, 6.07) is 11.0. The summed E-state index contributed by atoms with van der Waals surface area (Å²) in [6.45, 7) is 3.55. The lowest BCUT2D eigenvalue weighted by molar-refractivity contribution is -0.138. The van der Waals surface area contributed by atoms with Crippen molar-refractivity contribution in [1.82, 2.24) is 4.57 Å². The van der Waals surface area contributed by atoms with Crippen molar-refractivity contribution in [3.63, 3.8) is 0 Å². The van der Waals surface area contributed by atoms with Gasteiger partial charge in [0.25, 0.3) is 5.56 Å². The molecule has 0 aliphatic rings. The number of aryl methyl sites for hydroxylation is 1. The number of carboxylic acids is 1. The van der Waals surface area contributed by atoms with Crippen LogP contribution in [0.3, 0.4) is 0 Å². The van der Waals surface area contributed by atoms with Gasteiger partial charge in [0.2, 0.25) is 0 Å². The van der Waals surface area contributed by atoms with Crippen molar-refractivity contribution in [2.24, 2.45) is 0 Å². The van der Waals surface area contributed by atoms with E-state index in [0.29, 0.717) is 12.0 Å². The minimum Gasteiger partial charge on any atom is -0.481 e. The average Bonchev–Trinajstić information content (AvgIpc) is 2.44. The highest BCUT2D eigenvalue weighted by Crippen LogP contribution is 2.20. The van der Waals surface area contributed by atoms with Crippen LogP contribution in [0.1, 0.15) is 30.4 Å². The summed E-state index contributed by atoms with van der Waals surface area (Å²) in [5, 5.41) is 9.29. The number of benzene rings is 1. The number of hydrogen-bond donors (Lipinski definition) is 1. The Bertz CT molecular complexity index is 674. The minimum absolute atomic E-state index is 0.259. The van der Waals surface area contributed by atoms with Gasteiger partial charge in [0.15, 0.2) is 0 Å². The smallest absolute Gasteiger partial charge is 0.311 e. The lowest BCUT2D eigenvalue weighted by Crippen LogP contribution is -2.28. The van der Waals surface area contributed by atoms with Crippen LogP contribution in [0, 0.1) is 6.92 Å². The van der Waals surface area contributed by atoms with E-state index in [4.69, 9.17) is 0 Å². The standard InChI is InChI=1S/C16H17NO3/c1-3-13(16(19)20)14-11(2)9-10-17(15(14)18)12-7-5-4-6-8-12/h4-10,13H,3H2,1-2H3,(H,19,20). The van der Waals surface area contributed by atoms with Crippen molar-refractivity contribution in [3.8, 4) is 5.69 Å². The van der Waals surface area contributed by atoms with E-state index in [9.17, 15) is 14.7 Å². The molecule has 20 heavy (non-hydrogen) atoms. The van der Waals surface area contributed by atoms with Crippen molar-refractivity contribution in [2.45, 2.75) is 26.2 Å². The van der Waals surface area contributed by atoms with Gasteiger partial charge in [0.05, 0.1) is 5.92 Å². The van der Waals surface area contributed by atoms with Crippen molar-refractivity contribution >= 4 is 5.97 Å². The molecule has 0 fully saturated rings. The molecule has 4 heteroatoms. The molecule has 1 N–H and O–H groups in total. The summed E-state index contributed by atoms with van der Waals surface area (Å²) in [5.74, 6) is -1.72. The molecule has 2 aromatic rings. The van der Waals surface area contributed by atoms with Gasteiger partial charge >= 0.3 is 5.97 Å². The van der Waals surface area contributed by atoms with Gasteiger partial charge in [-0.2, -0.15) is 0 Å². The molecular weight excluding hydrogens is 254 g/mol. The largest absolute Gasteiger partial charge is 0.481 e. The van der Waals surface area contributed by atoms with Crippen molar-refractivity contribution in [1.29, 1.82) is 0 Å². The first kappa shape index (κ1) is 14.1. The van der Waals surface area contributed by atoms with Crippen LogP contribution in [0.4, 0.5) is 0 Å². The maximum absolute atomic E-state index is 12.6. The third-order valence-corrected chi connectivity index (χ3v) is 3.44. The normalized spacial score (nSPS) is 12.1. The Hall–Kier alpha value is -2.36. The number of nitrogens with zero attached hydrogens (tertiary/aromatic N) is 1. The predicted molar refractivity (Wildman–Crippen MR) is 77.4 cm³/mol. The fraction of sp³-hybridized carbons (Fsp3) is 0.250. The summed E-state index contributed by atoms with van der Waals surface area (Å²) < 4.78 is 1.49. The SMILES string of the molecule is CCC(C(=O)O)c1c(C)ccn(-c2ccccc2)c1=O. The summed E-state index contributed by atoms with van der Waals surface area (Å²) in [4.78, 5) is 23.9. The summed E-state index contributed by atoms with van der Waals surface area (Å²) >= 11 is 0. The third-order valence-electron chi connectivity index (χ3n) is 3.44. The summed E-state index contributed by atoms with van der Waals surface area (Å²) in [5.41, 5.74) is 1.56. The minimum atomic E-state index is -0.960. The Labute approximate surface area is 117 Å². The monoisotopic (exact) mass is 271 g/mol. The molecule has 1 atom stereocenters. The Kier molecular flexibility index (Phi) is 4.03. The first-order valence-corrected chi connectivity index (χ1v) is 6.56. The molecule has 2 rings (SSSR count). The Balaban J connectivity index is 2.65. The molecular formula is C16H17NO3. The van der Waals surface area contributed by atoms with Gasteiger partial charge < -0.3 is 5.11 Å². The number of para-hydroxylation sites is 1. The zero-order valence-corrected chi connectivity index (χ0v) is 11.5. The number of pyridine rings is 1. The van der Waals surface area contributed by atoms with Crippen LogP contribution < -0.4 is 5.56 Å². The Morgan fingerprint density at radius 1 is 1.25 bits per heavy atom. The highest BCUT2D eigenvalue weighted by atomic mass is 16.4. The zero-order chi connectivity index (χ0) is 14.7. The molecule has 0 spiro atoms. The number of aliphatic carboxylic acids is 1. The van der Waals surface area contributed by atoms with Gasteiger partial charge in [-0.05, 0) is 37.1 Å². The molecule has 0 saturated heterocycles. The maximum atomic E-state index is 12.6. The topological polar surface area (TPSA) is 59.3 Å². The summed E-state index contributed by atoms with van der Waals surface area (Å²) in [7, 11) is 0. The Morgan fingerprint density at radius 3 is 2.45 bits per heavy atom. The van der Waals surface area contributed by atoms with E-state index < -0.39 is 11.9 Å². The van der Waals surface area contributed by atoms with Crippen molar-refractivity contribution < 1.29 is 9.90 Å². The quantitative estimate of drug-likeness (QED) is 0.930. The lowest BCUT2D eigenvalue weighted by Gasteiger charge is -2.15. The van der Waals surface area contributed by atoms with Gasteiger partial charge in [-0.25, -0.2) is 0 Å². The molecule has 104 valence electrons. The highest BCUT2D eigenvalue weighted by Gasteiger charge is 2.23.